The van der Waals surface area contributed by atoms with E-state index < -0.39 is 16.1 Å². The van der Waals surface area contributed by atoms with Crippen LogP contribution < -0.4 is 9.62 Å². The van der Waals surface area contributed by atoms with Gasteiger partial charge in [0.2, 0.25) is 11.8 Å². The average Bonchev–Trinajstić information content (AvgIpc) is 3.49. The largest absolute Gasteiger partial charge is 0.352 e. The molecule has 0 spiro atoms. The minimum atomic E-state index is -3.67. The van der Waals surface area contributed by atoms with Crippen molar-refractivity contribution < 1.29 is 18.0 Å². The standard InChI is InChI=1S/C30H35N3O4S/c1-21-10-3-4-11-24(21)20-32(22(2)30(35)31-25-14-5-6-15-25)28(34)18-9-19-33-26-16-7-12-23-13-8-17-27(29(23)26)38(33,36)37/h3-4,7-8,10-13,16-17,22,25H,5-6,9,14-15,18-20H2,1-2H3,(H,31,35). The Morgan fingerprint density at radius 3 is 2.47 bits per heavy atom. The number of amides is 2. The molecule has 1 aliphatic heterocycles. The Bertz CT molecular complexity index is 1460. The molecule has 1 saturated carbocycles. The Kier molecular flexibility index (Phi) is 7.43. The van der Waals surface area contributed by atoms with Crippen molar-refractivity contribution in [2.75, 3.05) is 10.8 Å². The lowest BCUT2D eigenvalue weighted by Crippen LogP contribution is -2.49. The molecule has 2 aliphatic rings. The first-order valence-corrected chi connectivity index (χ1v) is 14.9. The Hall–Kier alpha value is -3.39. The first kappa shape index (κ1) is 26.2. The summed E-state index contributed by atoms with van der Waals surface area (Å²) in [6.45, 7) is 4.31. The molecule has 0 bridgehead atoms. The quantitative estimate of drug-likeness (QED) is 0.423. The Morgan fingerprint density at radius 1 is 1.03 bits per heavy atom. The highest BCUT2D eigenvalue weighted by atomic mass is 32.2. The van der Waals surface area contributed by atoms with Crippen molar-refractivity contribution in [3.05, 3.63) is 71.8 Å². The second-order valence-electron chi connectivity index (χ2n) is 10.4. The average molecular weight is 534 g/mol. The summed E-state index contributed by atoms with van der Waals surface area (Å²) in [6.07, 6.45) is 4.67. The van der Waals surface area contributed by atoms with Crippen LogP contribution in [0.25, 0.3) is 10.8 Å². The van der Waals surface area contributed by atoms with Crippen LogP contribution in [-0.2, 0) is 26.2 Å². The first-order valence-electron chi connectivity index (χ1n) is 13.5. The molecule has 8 heteroatoms. The molecule has 200 valence electrons. The molecule has 1 atom stereocenters. The predicted molar refractivity (Wildman–Crippen MR) is 149 cm³/mol. The highest BCUT2D eigenvalue weighted by molar-refractivity contribution is 7.93. The lowest BCUT2D eigenvalue weighted by Gasteiger charge is -2.30. The second kappa shape index (κ2) is 10.8. The third-order valence-electron chi connectivity index (χ3n) is 7.90. The maximum atomic E-state index is 13.6. The Labute approximate surface area is 224 Å². The van der Waals surface area contributed by atoms with Gasteiger partial charge in [-0.3, -0.25) is 13.9 Å². The number of benzene rings is 3. The zero-order chi connectivity index (χ0) is 26.9. The molecular weight excluding hydrogens is 498 g/mol. The van der Waals surface area contributed by atoms with Crippen LogP contribution in [-0.4, -0.2) is 43.8 Å². The van der Waals surface area contributed by atoms with E-state index in [4.69, 9.17) is 0 Å². The maximum Gasteiger partial charge on any atom is 0.265 e. The number of rotatable bonds is 9. The number of anilines is 1. The molecule has 7 nitrogen and oxygen atoms in total. The molecule has 0 aromatic heterocycles. The molecule has 3 aromatic rings. The molecule has 1 fully saturated rings. The summed E-state index contributed by atoms with van der Waals surface area (Å²) in [4.78, 5) is 28.6. The van der Waals surface area contributed by atoms with E-state index in [0.717, 1.165) is 47.6 Å². The van der Waals surface area contributed by atoms with Gasteiger partial charge in [0.1, 0.15) is 6.04 Å². The van der Waals surface area contributed by atoms with Crippen molar-refractivity contribution >= 4 is 38.3 Å². The van der Waals surface area contributed by atoms with Crippen LogP contribution in [0.15, 0.2) is 65.6 Å². The number of carbonyl (C=O) groups excluding carboxylic acids is 2. The molecule has 1 unspecified atom stereocenters. The summed E-state index contributed by atoms with van der Waals surface area (Å²) in [6, 6.07) is 18.3. The SMILES string of the molecule is Cc1ccccc1CN(C(=O)CCCN1c2cccc3cccc(c23)S1(=O)=O)C(C)C(=O)NC1CCCC1. The van der Waals surface area contributed by atoms with Crippen LogP contribution in [0.1, 0.15) is 56.6 Å². The zero-order valence-electron chi connectivity index (χ0n) is 22.0. The van der Waals surface area contributed by atoms with Crippen molar-refractivity contribution in [2.45, 2.75) is 75.9 Å². The van der Waals surface area contributed by atoms with Gasteiger partial charge in [-0.25, -0.2) is 8.42 Å². The number of sulfonamides is 1. The number of nitrogens with zero attached hydrogens (tertiary/aromatic N) is 2. The van der Waals surface area contributed by atoms with Crippen molar-refractivity contribution in [1.29, 1.82) is 0 Å². The fourth-order valence-corrected chi connectivity index (χ4v) is 7.41. The summed E-state index contributed by atoms with van der Waals surface area (Å²) in [5.74, 6) is -0.294. The summed E-state index contributed by atoms with van der Waals surface area (Å²) in [7, 11) is -3.67. The van der Waals surface area contributed by atoms with Crippen molar-refractivity contribution in [3.63, 3.8) is 0 Å². The van der Waals surface area contributed by atoms with Gasteiger partial charge in [0.25, 0.3) is 10.0 Å². The van der Waals surface area contributed by atoms with Crippen molar-refractivity contribution in [2.24, 2.45) is 0 Å². The maximum absolute atomic E-state index is 13.6. The molecule has 5 rings (SSSR count). The van der Waals surface area contributed by atoms with Gasteiger partial charge in [-0.2, -0.15) is 0 Å². The second-order valence-corrected chi connectivity index (χ2v) is 12.3. The van der Waals surface area contributed by atoms with E-state index in [1.807, 2.05) is 55.5 Å². The number of aryl methyl sites for hydroxylation is 1. The molecule has 0 saturated heterocycles. The highest BCUT2D eigenvalue weighted by Gasteiger charge is 2.35. The third-order valence-corrected chi connectivity index (χ3v) is 9.76. The monoisotopic (exact) mass is 533 g/mol. The van der Waals surface area contributed by atoms with E-state index >= 15 is 0 Å². The van der Waals surface area contributed by atoms with E-state index in [-0.39, 0.29) is 30.8 Å². The number of carbonyl (C=O) groups is 2. The van der Waals surface area contributed by atoms with Gasteiger partial charge in [0, 0.05) is 30.9 Å². The predicted octanol–water partition coefficient (Wildman–Crippen LogP) is 4.91. The van der Waals surface area contributed by atoms with E-state index in [9.17, 15) is 18.0 Å². The molecule has 1 aliphatic carbocycles. The Morgan fingerprint density at radius 2 is 1.74 bits per heavy atom. The fourth-order valence-electron chi connectivity index (χ4n) is 5.66. The van der Waals surface area contributed by atoms with Gasteiger partial charge in [-0.15, -0.1) is 0 Å². The van der Waals surface area contributed by atoms with Crippen LogP contribution in [0.3, 0.4) is 0 Å². The lowest BCUT2D eigenvalue weighted by atomic mass is 10.1. The summed E-state index contributed by atoms with van der Waals surface area (Å²) < 4.78 is 28.0. The summed E-state index contributed by atoms with van der Waals surface area (Å²) in [5.41, 5.74) is 2.71. The molecule has 2 amide bonds. The van der Waals surface area contributed by atoms with Crippen LogP contribution in [0, 0.1) is 6.92 Å². The van der Waals surface area contributed by atoms with Gasteiger partial charge < -0.3 is 10.2 Å². The zero-order valence-corrected chi connectivity index (χ0v) is 22.8. The number of hydrogen-bond donors (Lipinski definition) is 1. The van der Waals surface area contributed by atoms with Gasteiger partial charge >= 0.3 is 0 Å². The van der Waals surface area contributed by atoms with Crippen molar-refractivity contribution in [1.82, 2.24) is 10.2 Å². The molecule has 1 heterocycles. The van der Waals surface area contributed by atoms with Gasteiger partial charge in [-0.1, -0.05) is 61.4 Å². The first-order chi connectivity index (χ1) is 18.3. The van der Waals surface area contributed by atoms with Crippen LogP contribution in [0.5, 0.6) is 0 Å². The van der Waals surface area contributed by atoms with Crippen LogP contribution in [0.2, 0.25) is 0 Å². The van der Waals surface area contributed by atoms with E-state index in [2.05, 4.69) is 5.32 Å². The van der Waals surface area contributed by atoms with Crippen LogP contribution >= 0.6 is 0 Å². The normalized spacial score (nSPS) is 17.1. The molecule has 38 heavy (non-hydrogen) atoms. The fraction of sp³-hybridized carbons (Fsp3) is 0.400. The highest BCUT2D eigenvalue weighted by Crippen LogP contribution is 2.42. The van der Waals surface area contributed by atoms with E-state index in [1.165, 1.54) is 4.31 Å². The van der Waals surface area contributed by atoms with Crippen LogP contribution in [0.4, 0.5) is 5.69 Å². The molecule has 1 N–H and O–H groups in total. The van der Waals surface area contributed by atoms with Crippen molar-refractivity contribution in [3.8, 4) is 0 Å². The van der Waals surface area contributed by atoms with E-state index in [1.54, 1.807) is 24.0 Å². The molecule has 3 aromatic carbocycles. The van der Waals surface area contributed by atoms with Gasteiger partial charge in [-0.05, 0) is 61.8 Å². The topological polar surface area (TPSA) is 86.8 Å². The third kappa shape index (κ3) is 5.01. The minimum absolute atomic E-state index is 0.136. The number of hydrogen-bond acceptors (Lipinski definition) is 4. The Balaban J connectivity index is 1.30. The van der Waals surface area contributed by atoms with E-state index in [0.29, 0.717) is 23.5 Å². The minimum Gasteiger partial charge on any atom is -0.352 e. The molecular formula is C30H35N3O4S. The number of nitrogens with one attached hydrogen (secondary N) is 1. The lowest BCUT2D eigenvalue weighted by molar-refractivity contribution is -0.141. The smallest absolute Gasteiger partial charge is 0.265 e. The molecule has 0 radical (unpaired) electrons. The summed E-state index contributed by atoms with van der Waals surface area (Å²) in [5, 5.41) is 4.75. The van der Waals surface area contributed by atoms with Gasteiger partial charge in [0.15, 0.2) is 0 Å². The van der Waals surface area contributed by atoms with Gasteiger partial charge in [0.05, 0.1) is 10.6 Å². The summed E-state index contributed by atoms with van der Waals surface area (Å²) >= 11 is 0.